The van der Waals surface area contributed by atoms with E-state index in [0.717, 1.165) is 0 Å². The van der Waals surface area contributed by atoms with Crippen LogP contribution in [0.3, 0.4) is 0 Å². The molecule has 0 saturated carbocycles. The predicted molar refractivity (Wildman–Crippen MR) is 31.8 cm³/mol. The van der Waals surface area contributed by atoms with Gasteiger partial charge in [-0.3, -0.25) is 4.18 Å². The Morgan fingerprint density at radius 1 is 1.36 bits per heavy atom. The summed E-state index contributed by atoms with van der Waals surface area (Å²) in [5.74, 6) is 0. The second-order valence-corrected chi connectivity index (χ2v) is 2.31. The molecule has 0 N–H and O–H groups in total. The summed E-state index contributed by atoms with van der Waals surface area (Å²) in [4.78, 5) is 0. The summed E-state index contributed by atoms with van der Waals surface area (Å²) in [5, 5.41) is 0. The molecule has 1 unspecified atom stereocenters. The monoisotopic (exact) mass is 192 g/mol. The van der Waals surface area contributed by atoms with Crippen molar-refractivity contribution in [1.29, 1.82) is 0 Å². The minimum absolute atomic E-state index is 0.412. The molecule has 0 aliphatic heterocycles. The van der Waals surface area contributed by atoms with Crippen LogP contribution in [0.25, 0.3) is 0 Å². The SMILES string of the molecule is O=S(OCF)OCCC(F)F. The minimum Gasteiger partial charge on any atom is -0.268 e. The highest BCUT2D eigenvalue weighted by molar-refractivity contribution is 7.75. The molecule has 3 nitrogen and oxygen atoms in total. The van der Waals surface area contributed by atoms with Gasteiger partial charge in [0.2, 0.25) is 13.3 Å². The maximum Gasteiger partial charge on any atom is 0.307 e. The van der Waals surface area contributed by atoms with Crippen LogP contribution in [0.4, 0.5) is 13.2 Å². The van der Waals surface area contributed by atoms with Crippen molar-refractivity contribution in [3.05, 3.63) is 0 Å². The maximum atomic E-state index is 11.4. The average molecular weight is 192 g/mol. The highest BCUT2D eigenvalue weighted by atomic mass is 32.2. The summed E-state index contributed by atoms with van der Waals surface area (Å²) in [7, 11) is 0. The lowest BCUT2D eigenvalue weighted by molar-refractivity contribution is 0.109. The predicted octanol–water partition coefficient (Wildman–Crippen LogP) is 1.18. The Hall–Kier alpha value is -0.140. The van der Waals surface area contributed by atoms with E-state index in [1.165, 1.54) is 0 Å². The molecule has 11 heavy (non-hydrogen) atoms. The highest BCUT2D eigenvalue weighted by Gasteiger charge is 2.05. The maximum absolute atomic E-state index is 11.4. The summed E-state index contributed by atoms with van der Waals surface area (Å²) in [5.41, 5.74) is 0. The number of halogens is 3. The molecule has 0 saturated heterocycles. The van der Waals surface area contributed by atoms with Crippen molar-refractivity contribution in [2.75, 3.05) is 13.5 Å². The number of rotatable bonds is 6. The van der Waals surface area contributed by atoms with Crippen molar-refractivity contribution in [3.63, 3.8) is 0 Å². The fraction of sp³-hybridized carbons (Fsp3) is 1.00. The van der Waals surface area contributed by atoms with Crippen LogP contribution >= 0.6 is 0 Å². The van der Waals surface area contributed by atoms with Crippen molar-refractivity contribution in [2.45, 2.75) is 12.8 Å². The van der Waals surface area contributed by atoms with Crippen LogP contribution in [0.2, 0.25) is 0 Å². The molecule has 7 heteroatoms. The zero-order chi connectivity index (χ0) is 8.69. The molecule has 0 amide bonds. The lowest BCUT2D eigenvalue weighted by Crippen LogP contribution is -2.05. The first-order chi connectivity index (χ1) is 5.16. The van der Waals surface area contributed by atoms with Crippen molar-refractivity contribution >= 4 is 11.4 Å². The Morgan fingerprint density at radius 3 is 2.45 bits per heavy atom. The zero-order valence-electron chi connectivity index (χ0n) is 5.47. The largest absolute Gasteiger partial charge is 0.307 e. The number of hydrogen-bond acceptors (Lipinski definition) is 3. The normalized spacial score (nSPS) is 13.8. The van der Waals surface area contributed by atoms with Crippen molar-refractivity contribution in [3.8, 4) is 0 Å². The van der Waals surface area contributed by atoms with E-state index in [4.69, 9.17) is 0 Å². The van der Waals surface area contributed by atoms with Gasteiger partial charge < -0.3 is 0 Å². The Labute approximate surface area is 64.4 Å². The van der Waals surface area contributed by atoms with Crippen LogP contribution in [0.5, 0.6) is 0 Å². The molecule has 0 aliphatic carbocycles. The molecular formula is C4H7F3O3S. The molecule has 0 bridgehead atoms. The first-order valence-electron chi connectivity index (χ1n) is 2.69. The number of alkyl halides is 3. The van der Waals surface area contributed by atoms with Gasteiger partial charge in [-0.2, -0.15) is 4.21 Å². The van der Waals surface area contributed by atoms with Gasteiger partial charge in [0.25, 0.3) is 0 Å². The van der Waals surface area contributed by atoms with E-state index in [1.54, 1.807) is 0 Å². The molecule has 0 spiro atoms. The quantitative estimate of drug-likeness (QED) is 0.633. The molecule has 0 radical (unpaired) electrons. The van der Waals surface area contributed by atoms with E-state index in [1.807, 2.05) is 0 Å². The lowest BCUT2D eigenvalue weighted by atomic mass is 10.5. The Kier molecular flexibility index (Phi) is 6.48. The van der Waals surface area contributed by atoms with Crippen LogP contribution in [-0.2, 0) is 19.7 Å². The molecule has 0 aromatic rings. The summed E-state index contributed by atoms with van der Waals surface area (Å²) in [6, 6.07) is 0. The first-order valence-corrected chi connectivity index (χ1v) is 3.69. The third kappa shape index (κ3) is 7.76. The van der Waals surface area contributed by atoms with E-state index < -0.39 is 37.7 Å². The topological polar surface area (TPSA) is 35.5 Å². The van der Waals surface area contributed by atoms with Gasteiger partial charge >= 0.3 is 11.4 Å². The molecule has 0 aliphatic rings. The summed E-state index contributed by atoms with van der Waals surface area (Å²) in [6.45, 7) is -1.68. The van der Waals surface area contributed by atoms with E-state index in [9.17, 15) is 17.4 Å². The Balaban J connectivity index is 3.17. The molecule has 68 valence electrons. The third-order valence-electron chi connectivity index (χ3n) is 0.656. The van der Waals surface area contributed by atoms with Crippen LogP contribution in [-0.4, -0.2) is 24.1 Å². The van der Waals surface area contributed by atoms with E-state index in [-0.39, 0.29) is 0 Å². The first kappa shape index (κ1) is 10.9. The van der Waals surface area contributed by atoms with Crippen molar-refractivity contribution in [2.24, 2.45) is 0 Å². The fourth-order valence-corrected chi connectivity index (χ4v) is 0.649. The molecule has 0 rings (SSSR count). The van der Waals surface area contributed by atoms with Gasteiger partial charge in [0.1, 0.15) is 0 Å². The molecule has 0 aromatic carbocycles. The summed E-state index contributed by atoms with van der Waals surface area (Å²) in [6.07, 6.45) is -3.06. The highest BCUT2D eigenvalue weighted by Crippen LogP contribution is 2.00. The van der Waals surface area contributed by atoms with Crippen molar-refractivity contribution in [1.82, 2.24) is 0 Å². The van der Waals surface area contributed by atoms with E-state index in [2.05, 4.69) is 8.37 Å². The fourth-order valence-electron chi connectivity index (χ4n) is 0.276. The second-order valence-electron chi connectivity index (χ2n) is 1.43. The Bertz CT molecular complexity index is 121. The van der Waals surface area contributed by atoms with Gasteiger partial charge in [0.15, 0.2) is 0 Å². The van der Waals surface area contributed by atoms with Gasteiger partial charge in [-0.05, 0) is 0 Å². The third-order valence-corrected chi connectivity index (χ3v) is 1.30. The standard InChI is InChI=1S/C4H7F3O3S/c5-3-10-11(8)9-2-1-4(6)7/h4H,1-3H2. The van der Waals surface area contributed by atoms with E-state index >= 15 is 0 Å². The number of hydrogen-bond donors (Lipinski definition) is 0. The van der Waals surface area contributed by atoms with Crippen LogP contribution < -0.4 is 0 Å². The summed E-state index contributed by atoms with van der Waals surface area (Å²) >= 11 is -2.24. The van der Waals surface area contributed by atoms with E-state index in [0.29, 0.717) is 0 Å². The molecule has 0 heterocycles. The minimum atomic E-state index is -2.52. The molecule has 0 aromatic heterocycles. The van der Waals surface area contributed by atoms with Crippen LogP contribution in [0.1, 0.15) is 6.42 Å². The van der Waals surface area contributed by atoms with Gasteiger partial charge in [0.05, 0.1) is 6.61 Å². The average Bonchev–Trinajstić information content (AvgIpc) is 1.87. The van der Waals surface area contributed by atoms with Gasteiger partial charge in [0, 0.05) is 6.42 Å². The smallest absolute Gasteiger partial charge is 0.268 e. The molecule has 0 fully saturated rings. The van der Waals surface area contributed by atoms with Gasteiger partial charge in [-0.15, -0.1) is 0 Å². The van der Waals surface area contributed by atoms with Gasteiger partial charge in [-0.1, -0.05) is 0 Å². The van der Waals surface area contributed by atoms with Crippen molar-refractivity contribution < 1.29 is 25.7 Å². The lowest BCUT2D eigenvalue weighted by Gasteiger charge is -1.99. The molecule has 1 atom stereocenters. The van der Waals surface area contributed by atoms with Crippen LogP contribution in [0, 0.1) is 0 Å². The second kappa shape index (κ2) is 6.56. The zero-order valence-corrected chi connectivity index (χ0v) is 6.28. The molecular weight excluding hydrogens is 185 g/mol. The van der Waals surface area contributed by atoms with Crippen LogP contribution in [0.15, 0.2) is 0 Å². The van der Waals surface area contributed by atoms with Gasteiger partial charge in [-0.25, -0.2) is 17.4 Å². The Morgan fingerprint density at radius 2 is 2.00 bits per heavy atom. The summed E-state index contributed by atoms with van der Waals surface area (Å²) < 4.78 is 52.0.